The monoisotopic (exact) mass is 230 g/mol. The van der Waals surface area contributed by atoms with E-state index in [4.69, 9.17) is 5.73 Å². The van der Waals surface area contributed by atoms with E-state index in [0.717, 1.165) is 11.3 Å². The molecule has 2 atom stereocenters. The molecular formula is C14H18N2O. The fraction of sp³-hybridized carbons (Fsp3) is 0.500. The molecule has 1 aromatic rings. The SMILES string of the molecule is Cc1ccc(N)cc1NC(=O)C1C2CCCC21. The van der Waals surface area contributed by atoms with Gasteiger partial charge in [-0.1, -0.05) is 12.5 Å². The molecule has 1 amide bonds. The van der Waals surface area contributed by atoms with Gasteiger partial charge >= 0.3 is 0 Å². The lowest BCUT2D eigenvalue weighted by atomic mass is 10.1. The number of aryl methyl sites for hydroxylation is 1. The second kappa shape index (κ2) is 3.76. The molecule has 3 heteroatoms. The molecule has 3 nitrogen and oxygen atoms in total. The standard InChI is InChI=1S/C14H18N2O/c1-8-5-6-9(15)7-12(8)16-14(17)13-10-3-2-4-11(10)13/h5-7,10-11,13H,2-4,15H2,1H3,(H,16,17). The van der Waals surface area contributed by atoms with Crippen molar-refractivity contribution in [3.05, 3.63) is 23.8 Å². The van der Waals surface area contributed by atoms with Crippen molar-refractivity contribution in [2.24, 2.45) is 17.8 Å². The summed E-state index contributed by atoms with van der Waals surface area (Å²) in [7, 11) is 0. The predicted octanol–water partition coefficient (Wildman–Crippen LogP) is 2.56. The van der Waals surface area contributed by atoms with Gasteiger partial charge < -0.3 is 11.1 Å². The molecule has 1 aromatic carbocycles. The van der Waals surface area contributed by atoms with E-state index in [1.54, 1.807) is 0 Å². The number of amides is 1. The highest BCUT2D eigenvalue weighted by atomic mass is 16.2. The molecule has 3 rings (SSSR count). The van der Waals surface area contributed by atoms with Gasteiger partial charge in [-0.15, -0.1) is 0 Å². The van der Waals surface area contributed by atoms with E-state index in [2.05, 4.69) is 5.32 Å². The van der Waals surface area contributed by atoms with Crippen LogP contribution in [0.5, 0.6) is 0 Å². The van der Waals surface area contributed by atoms with Gasteiger partial charge in [0.1, 0.15) is 0 Å². The zero-order valence-electron chi connectivity index (χ0n) is 10.1. The van der Waals surface area contributed by atoms with Crippen molar-refractivity contribution in [1.29, 1.82) is 0 Å². The molecule has 0 heterocycles. The van der Waals surface area contributed by atoms with Gasteiger partial charge in [-0.25, -0.2) is 0 Å². The van der Waals surface area contributed by atoms with Crippen LogP contribution in [-0.2, 0) is 4.79 Å². The van der Waals surface area contributed by atoms with Crippen molar-refractivity contribution in [3.63, 3.8) is 0 Å². The van der Waals surface area contributed by atoms with Crippen molar-refractivity contribution >= 4 is 17.3 Å². The lowest BCUT2D eigenvalue weighted by Gasteiger charge is -2.10. The Kier molecular flexibility index (Phi) is 2.35. The van der Waals surface area contributed by atoms with Crippen molar-refractivity contribution < 1.29 is 4.79 Å². The highest BCUT2D eigenvalue weighted by Gasteiger charge is 2.56. The fourth-order valence-corrected chi connectivity index (χ4v) is 3.20. The van der Waals surface area contributed by atoms with E-state index >= 15 is 0 Å². The molecule has 0 spiro atoms. The second-order valence-electron chi connectivity index (χ2n) is 5.35. The first-order valence-electron chi connectivity index (χ1n) is 6.34. The Morgan fingerprint density at radius 2 is 2.06 bits per heavy atom. The third kappa shape index (κ3) is 1.79. The molecule has 3 N–H and O–H groups in total. The van der Waals surface area contributed by atoms with Crippen LogP contribution in [0.4, 0.5) is 11.4 Å². The van der Waals surface area contributed by atoms with E-state index in [-0.39, 0.29) is 11.8 Å². The molecule has 0 aliphatic heterocycles. The second-order valence-corrected chi connectivity index (χ2v) is 5.35. The third-order valence-corrected chi connectivity index (χ3v) is 4.23. The summed E-state index contributed by atoms with van der Waals surface area (Å²) in [4.78, 5) is 12.1. The van der Waals surface area contributed by atoms with Crippen LogP contribution in [0.25, 0.3) is 0 Å². The number of fused-ring (bicyclic) bond motifs is 1. The van der Waals surface area contributed by atoms with E-state index in [1.165, 1.54) is 19.3 Å². The average molecular weight is 230 g/mol. The zero-order chi connectivity index (χ0) is 12.0. The summed E-state index contributed by atoms with van der Waals surface area (Å²) in [6.45, 7) is 1.99. The van der Waals surface area contributed by atoms with E-state index in [0.29, 0.717) is 17.5 Å². The summed E-state index contributed by atoms with van der Waals surface area (Å²) in [5, 5.41) is 3.02. The van der Waals surface area contributed by atoms with Crippen LogP contribution < -0.4 is 11.1 Å². The van der Waals surface area contributed by atoms with Crippen LogP contribution in [0.2, 0.25) is 0 Å². The van der Waals surface area contributed by atoms with Crippen LogP contribution in [0.15, 0.2) is 18.2 Å². The summed E-state index contributed by atoms with van der Waals surface area (Å²) in [5.41, 5.74) is 8.36. The predicted molar refractivity (Wildman–Crippen MR) is 68.5 cm³/mol. The summed E-state index contributed by atoms with van der Waals surface area (Å²) >= 11 is 0. The lowest BCUT2D eigenvalue weighted by Crippen LogP contribution is -2.17. The molecule has 0 saturated heterocycles. The summed E-state index contributed by atoms with van der Waals surface area (Å²) < 4.78 is 0. The number of anilines is 2. The summed E-state index contributed by atoms with van der Waals surface area (Å²) in [6, 6.07) is 5.64. The summed E-state index contributed by atoms with van der Waals surface area (Å²) in [5.74, 6) is 1.78. The number of nitrogen functional groups attached to an aromatic ring is 1. The van der Waals surface area contributed by atoms with Gasteiger partial charge in [-0.3, -0.25) is 4.79 Å². The van der Waals surface area contributed by atoms with Gasteiger partial charge in [0.05, 0.1) is 0 Å². The Labute approximate surface area is 101 Å². The minimum Gasteiger partial charge on any atom is -0.399 e. The molecular weight excluding hydrogens is 212 g/mol. The van der Waals surface area contributed by atoms with Gasteiger partial charge in [-0.05, 0) is 49.3 Å². The maximum absolute atomic E-state index is 12.1. The van der Waals surface area contributed by atoms with Gasteiger partial charge in [-0.2, -0.15) is 0 Å². The Morgan fingerprint density at radius 1 is 1.35 bits per heavy atom. The largest absolute Gasteiger partial charge is 0.399 e. The number of nitrogens with one attached hydrogen (secondary N) is 1. The fourth-order valence-electron chi connectivity index (χ4n) is 3.20. The number of hydrogen-bond acceptors (Lipinski definition) is 2. The number of rotatable bonds is 2. The molecule has 0 aromatic heterocycles. The third-order valence-electron chi connectivity index (χ3n) is 4.23. The number of benzene rings is 1. The molecule has 0 bridgehead atoms. The first-order chi connectivity index (χ1) is 8.16. The molecule has 17 heavy (non-hydrogen) atoms. The maximum atomic E-state index is 12.1. The molecule has 0 radical (unpaired) electrons. The Bertz CT molecular complexity index is 459. The Balaban J connectivity index is 1.71. The molecule has 2 unspecified atom stereocenters. The van der Waals surface area contributed by atoms with Crippen LogP contribution in [0, 0.1) is 24.7 Å². The number of nitrogens with two attached hydrogens (primary N) is 1. The first-order valence-corrected chi connectivity index (χ1v) is 6.34. The normalized spacial score (nSPS) is 29.8. The maximum Gasteiger partial charge on any atom is 0.228 e. The highest BCUT2D eigenvalue weighted by Crippen LogP contribution is 2.57. The van der Waals surface area contributed by atoms with Gasteiger partial charge in [0, 0.05) is 17.3 Å². The van der Waals surface area contributed by atoms with Crippen LogP contribution in [-0.4, -0.2) is 5.91 Å². The van der Waals surface area contributed by atoms with Crippen LogP contribution >= 0.6 is 0 Å². The number of carbonyl (C=O) groups excluding carboxylic acids is 1. The minimum atomic E-state index is 0.188. The highest BCUT2D eigenvalue weighted by molar-refractivity contribution is 5.96. The quantitative estimate of drug-likeness (QED) is 0.767. The number of carbonyl (C=O) groups is 1. The average Bonchev–Trinajstić information content (AvgIpc) is 2.78. The molecule has 90 valence electrons. The Hall–Kier alpha value is -1.51. The number of hydrogen-bond donors (Lipinski definition) is 2. The van der Waals surface area contributed by atoms with Crippen molar-refractivity contribution in [2.75, 3.05) is 11.1 Å². The van der Waals surface area contributed by atoms with Crippen LogP contribution in [0.1, 0.15) is 24.8 Å². The molecule has 2 aliphatic rings. The van der Waals surface area contributed by atoms with Crippen molar-refractivity contribution in [1.82, 2.24) is 0 Å². The van der Waals surface area contributed by atoms with E-state index < -0.39 is 0 Å². The van der Waals surface area contributed by atoms with E-state index in [9.17, 15) is 4.79 Å². The summed E-state index contributed by atoms with van der Waals surface area (Å²) in [6.07, 6.45) is 3.77. The lowest BCUT2D eigenvalue weighted by molar-refractivity contribution is -0.118. The zero-order valence-corrected chi connectivity index (χ0v) is 10.1. The van der Waals surface area contributed by atoms with Gasteiger partial charge in [0.2, 0.25) is 5.91 Å². The Morgan fingerprint density at radius 3 is 2.76 bits per heavy atom. The topological polar surface area (TPSA) is 55.1 Å². The van der Waals surface area contributed by atoms with Crippen molar-refractivity contribution in [3.8, 4) is 0 Å². The molecule has 2 fully saturated rings. The van der Waals surface area contributed by atoms with Crippen molar-refractivity contribution in [2.45, 2.75) is 26.2 Å². The molecule has 2 saturated carbocycles. The minimum absolute atomic E-state index is 0.188. The molecule has 2 aliphatic carbocycles. The van der Waals surface area contributed by atoms with E-state index in [1.807, 2.05) is 25.1 Å². The smallest absolute Gasteiger partial charge is 0.228 e. The first kappa shape index (κ1) is 10.6. The van der Waals surface area contributed by atoms with Gasteiger partial charge in [0.15, 0.2) is 0 Å². The van der Waals surface area contributed by atoms with Crippen LogP contribution in [0.3, 0.4) is 0 Å². The van der Waals surface area contributed by atoms with Gasteiger partial charge in [0.25, 0.3) is 0 Å².